The van der Waals surface area contributed by atoms with E-state index in [1.54, 1.807) is 22.8 Å². The molecule has 3 heterocycles. The fraction of sp³-hybridized carbons (Fsp3) is 0.136. The number of allylic oxidation sites excluding steroid dienone is 2. The first-order chi connectivity index (χ1) is 14.1. The second-order valence-electron chi connectivity index (χ2n) is 6.40. The van der Waals surface area contributed by atoms with Crippen LogP contribution in [-0.2, 0) is 9.53 Å². The first-order valence-corrected chi connectivity index (χ1v) is 10.7. The molecule has 1 aliphatic rings. The van der Waals surface area contributed by atoms with Gasteiger partial charge in [0, 0.05) is 4.88 Å². The largest absolute Gasteiger partial charge is 0.466 e. The van der Waals surface area contributed by atoms with Crippen LogP contribution in [0.15, 0.2) is 75.0 Å². The summed E-state index contributed by atoms with van der Waals surface area (Å²) < 4.78 is 7.14. The number of ether oxygens (including phenoxy) is 1. The maximum Gasteiger partial charge on any atom is 0.338 e. The maximum atomic E-state index is 13.2. The Morgan fingerprint density at radius 3 is 2.69 bits per heavy atom. The molecule has 0 bridgehead atoms. The number of thiophene rings is 1. The Bertz CT molecular complexity index is 1280. The summed E-state index contributed by atoms with van der Waals surface area (Å²) in [4.78, 5) is 31.8. The van der Waals surface area contributed by atoms with Crippen molar-refractivity contribution >= 4 is 40.8 Å². The van der Waals surface area contributed by atoms with Gasteiger partial charge in [0.05, 0.1) is 29.0 Å². The van der Waals surface area contributed by atoms with Gasteiger partial charge in [-0.1, -0.05) is 59.9 Å². The Morgan fingerprint density at radius 1 is 1.21 bits per heavy atom. The van der Waals surface area contributed by atoms with Gasteiger partial charge in [0.15, 0.2) is 4.80 Å². The maximum absolute atomic E-state index is 13.2. The number of carbonyl (C=O) groups is 1. The summed E-state index contributed by atoms with van der Waals surface area (Å²) >= 11 is 2.89. The average Bonchev–Trinajstić information content (AvgIpc) is 3.34. The second kappa shape index (κ2) is 8.14. The number of carbonyl (C=O) groups excluding carboxylic acids is 1. The molecule has 7 heteroatoms. The minimum absolute atomic E-state index is 0.168. The number of methoxy groups -OCH3 is 1. The average molecular weight is 423 g/mol. The lowest BCUT2D eigenvalue weighted by molar-refractivity contribution is -0.136. The Balaban J connectivity index is 1.89. The van der Waals surface area contributed by atoms with Gasteiger partial charge in [0.1, 0.15) is 0 Å². The Morgan fingerprint density at radius 2 is 2.00 bits per heavy atom. The van der Waals surface area contributed by atoms with E-state index in [1.165, 1.54) is 18.4 Å². The molecule has 3 aromatic rings. The minimum atomic E-state index is -0.579. The standard InChI is InChI=1S/C22H18N2O3S2/c1-14-19(21(26)27-2)17(11-10-15-7-4-3-5-8-15)24-20(25)18(29-22(24)23-14)13-16-9-6-12-28-16/h3-13,17H,1-2H3/b11-10-,18-13?/t17-/m1/s1. The van der Waals surface area contributed by atoms with E-state index in [-0.39, 0.29) is 5.56 Å². The van der Waals surface area contributed by atoms with Crippen LogP contribution in [0.4, 0.5) is 0 Å². The van der Waals surface area contributed by atoms with Gasteiger partial charge in [-0.3, -0.25) is 9.36 Å². The first kappa shape index (κ1) is 19.3. The van der Waals surface area contributed by atoms with Crippen molar-refractivity contribution in [3.05, 3.63) is 95.3 Å². The molecule has 2 aromatic heterocycles. The zero-order valence-corrected chi connectivity index (χ0v) is 17.5. The molecule has 0 spiro atoms. The highest BCUT2D eigenvalue weighted by atomic mass is 32.1. The van der Waals surface area contributed by atoms with Gasteiger partial charge in [-0.2, -0.15) is 0 Å². The van der Waals surface area contributed by atoms with Crippen LogP contribution in [-0.4, -0.2) is 17.6 Å². The monoisotopic (exact) mass is 422 g/mol. The SMILES string of the molecule is COC(=O)C1=C(C)N=c2sc(=Cc3cccs3)c(=O)n2[C@@H]1/C=C\c1ccccc1. The molecular weight excluding hydrogens is 404 g/mol. The van der Waals surface area contributed by atoms with Crippen LogP contribution in [0.3, 0.4) is 0 Å². The van der Waals surface area contributed by atoms with Gasteiger partial charge in [-0.05, 0) is 30.0 Å². The number of esters is 1. The van der Waals surface area contributed by atoms with E-state index in [2.05, 4.69) is 4.99 Å². The Hall–Kier alpha value is -3.03. The quantitative estimate of drug-likeness (QED) is 0.607. The lowest BCUT2D eigenvalue weighted by Gasteiger charge is -2.21. The highest BCUT2D eigenvalue weighted by Gasteiger charge is 2.29. The third kappa shape index (κ3) is 3.79. The van der Waals surface area contributed by atoms with Crippen molar-refractivity contribution in [1.82, 2.24) is 4.57 Å². The van der Waals surface area contributed by atoms with Crippen LogP contribution in [0, 0.1) is 0 Å². The zero-order valence-electron chi connectivity index (χ0n) is 15.9. The van der Waals surface area contributed by atoms with E-state index < -0.39 is 12.0 Å². The summed E-state index contributed by atoms with van der Waals surface area (Å²) in [6, 6.07) is 13.1. The molecule has 0 radical (unpaired) electrons. The van der Waals surface area contributed by atoms with Gasteiger partial charge in [-0.15, -0.1) is 11.3 Å². The molecule has 0 unspecified atom stereocenters. The van der Waals surface area contributed by atoms with Crippen LogP contribution >= 0.6 is 22.7 Å². The lowest BCUT2D eigenvalue weighted by Crippen LogP contribution is -2.38. The van der Waals surface area contributed by atoms with Crippen LogP contribution in [0.1, 0.15) is 23.4 Å². The molecule has 5 nitrogen and oxygen atoms in total. The molecule has 0 aliphatic carbocycles. The third-order valence-electron chi connectivity index (χ3n) is 4.56. The molecule has 4 rings (SSSR count). The van der Waals surface area contributed by atoms with Crippen molar-refractivity contribution in [3.63, 3.8) is 0 Å². The summed E-state index contributed by atoms with van der Waals surface area (Å²) in [5.74, 6) is -0.485. The molecule has 29 heavy (non-hydrogen) atoms. The number of hydrogen-bond donors (Lipinski definition) is 0. The van der Waals surface area contributed by atoms with Gasteiger partial charge < -0.3 is 4.74 Å². The summed E-state index contributed by atoms with van der Waals surface area (Å²) in [7, 11) is 1.34. The summed E-state index contributed by atoms with van der Waals surface area (Å²) in [5, 5.41) is 1.97. The molecule has 1 aliphatic heterocycles. The zero-order chi connectivity index (χ0) is 20.4. The number of thiazole rings is 1. The number of fused-ring (bicyclic) bond motifs is 1. The summed E-state index contributed by atoms with van der Waals surface area (Å²) in [5.41, 5.74) is 1.74. The summed E-state index contributed by atoms with van der Waals surface area (Å²) in [6.07, 6.45) is 5.62. The number of benzene rings is 1. The Kier molecular flexibility index (Phi) is 5.42. The second-order valence-corrected chi connectivity index (χ2v) is 8.39. The summed E-state index contributed by atoms with van der Waals surface area (Å²) in [6.45, 7) is 1.77. The molecule has 0 saturated heterocycles. The van der Waals surface area contributed by atoms with Crippen molar-refractivity contribution in [1.29, 1.82) is 0 Å². The fourth-order valence-electron chi connectivity index (χ4n) is 3.19. The number of aromatic nitrogens is 1. The molecular formula is C22H18N2O3S2. The number of rotatable bonds is 4. The van der Waals surface area contributed by atoms with E-state index in [9.17, 15) is 9.59 Å². The van der Waals surface area contributed by atoms with Gasteiger partial charge in [-0.25, -0.2) is 9.79 Å². The van der Waals surface area contributed by atoms with Crippen LogP contribution < -0.4 is 14.9 Å². The number of hydrogen-bond acceptors (Lipinski definition) is 6. The molecule has 1 aromatic carbocycles. The molecule has 1 atom stereocenters. The van der Waals surface area contributed by atoms with Crippen LogP contribution in [0.5, 0.6) is 0 Å². The predicted molar refractivity (Wildman–Crippen MR) is 116 cm³/mol. The van der Waals surface area contributed by atoms with E-state index in [0.717, 1.165) is 10.4 Å². The van der Waals surface area contributed by atoms with E-state index >= 15 is 0 Å². The minimum Gasteiger partial charge on any atom is -0.466 e. The molecule has 0 N–H and O–H groups in total. The van der Waals surface area contributed by atoms with Gasteiger partial charge in [0.2, 0.25) is 0 Å². The Labute approximate surface area is 175 Å². The van der Waals surface area contributed by atoms with Crippen molar-refractivity contribution in [2.45, 2.75) is 13.0 Å². The number of nitrogens with zero attached hydrogens (tertiary/aromatic N) is 2. The molecule has 0 saturated carbocycles. The lowest BCUT2D eigenvalue weighted by atomic mass is 10.0. The van der Waals surface area contributed by atoms with Crippen LogP contribution in [0.25, 0.3) is 12.2 Å². The van der Waals surface area contributed by atoms with Crippen molar-refractivity contribution in [2.24, 2.45) is 4.99 Å². The highest BCUT2D eigenvalue weighted by Crippen LogP contribution is 2.26. The molecule has 0 fully saturated rings. The van der Waals surface area contributed by atoms with E-state index in [4.69, 9.17) is 4.74 Å². The molecule has 146 valence electrons. The van der Waals surface area contributed by atoms with Gasteiger partial charge >= 0.3 is 5.97 Å². The van der Waals surface area contributed by atoms with E-state index in [0.29, 0.717) is 20.6 Å². The fourth-order valence-corrected chi connectivity index (χ4v) is 4.96. The third-order valence-corrected chi connectivity index (χ3v) is 6.36. The normalized spacial score (nSPS) is 16.8. The topological polar surface area (TPSA) is 60.7 Å². The molecule has 0 amide bonds. The van der Waals surface area contributed by atoms with Gasteiger partial charge in [0.25, 0.3) is 5.56 Å². The van der Waals surface area contributed by atoms with Crippen molar-refractivity contribution in [2.75, 3.05) is 7.11 Å². The first-order valence-electron chi connectivity index (χ1n) is 8.96. The smallest absolute Gasteiger partial charge is 0.338 e. The van der Waals surface area contributed by atoms with Crippen LogP contribution in [0.2, 0.25) is 0 Å². The van der Waals surface area contributed by atoms with Crippen molar-refractivity contribution < 1.29 is 9.53 Å². The van der Waals surface area contributed by atoms with Crippen molar-refractivity contribution in [3.8, 4) is 0 Å². The predicted octanol–water partition coefficient (Wildman–Crippen LogP) is 3.13. The highest BCUT2D eigenvalue weighted by molar-refractivity contribution is 7.11. The van der Waals surface area contributed by atoms with E-state index in [1.807, 2.05) is 66.1 Å².